The SMILES string of the molecule is CCC[N+]1(C)CCCC1.CS(=O)(=O)O. The predicted molar refractivity (Wildman–Crippen MR) is 57.8 cm³/mol. The summed E-state index contributed by atoms with van der Waals surface area (Å²) in [6.07, 6.45) is 4.97. The molecule has 1 N–H and O–H groups in total. The highest BCUT2D eigenvalue weighted by Gasteiger charge is 2.24. The van der Waals surface area contributed by atoms with Gasteiger partial charge in [-0.1, -0.05) is 6.92 Å². The molecule has 1 saturated heterocycles. The lowest BCUT2D eigenvalue weighted by molar-refractivity contribution is -0.897. The zero-order valence-electron chi connectivity index (χ0n) is 9.36. The number of rotatable bonds is 2. The summed E-state index contributed by atoms with van der Waals surface area (Å²) in [5, 5.41) is 0. The van der Waals surface area contributed by atoms with E-state index in [1.807, 2.05) is 0 Å². The molecule has 1 rings (SSSR count). The monoisotopic (exact) mass is 224 g/mol. The highest BCUT2D eigenvalue weighted by molar-refractivity contribution is 7.85. The third kappa shape index (κ3) is 8.47. The topological polar surface area (TPSA) is 54.4 Å². The molecule has 1 fully saturated rings. The molecule has 5 heteroatoms. The third-order valence-corrected chi connectivity index (χ3v) is 2.41. The lowest BCUT2D eigenvalue weighted by Gasteiger charge is -2.28. The van der Waals surface area contributed by atoms with Crippen molar-refractivity contribution in [2.75, 3.05) is 32.9 Å². The van der Waals surface area contributed by atoms with E-state index >= 15 is 0 Å². The summed E-state index contributed by atoms with van der Waals surface area (Å²) in [4.78, 5) is 0. The molecule has 14 heavy (non-hydrogen) atoms. The first-order valence-electron chi connectivity index (χ1n) is 5.03. The molecule has 0 aliphatic carbocycles. The van der Waals surface area contributed by atoms with Crippen molar-refractivity contribution in [3.63, 3.8) is 0 Å². The van der Waals surface area contributed by atoms with Crippen LogP contribution >= 0.6 is 0 Å². The Hall–Kier alpha value is -0.130. The van der Waals surface area contributed by atoms with Gasteiger partial charge in [-0.15, -0.1) is 0 Å². The molecule has 0 bridgehead atoms. The molecule has 0 radical (unpaired) electrons. The molecule has 0 aromatic heterocycles. The molecular formula is C9H22NO3S+. The van der Waals surface area contributed by atoms with E-state index in [4.69, 9.17) is 4.55 Å². The summed E-state index contributed by atoms with van der Waals surface area (Å²) in [5.41, 5.74) is 0. The summed E-state index contributed by atoms with van der Waals surface area (Å²) in [5.74, 6) is 0. The van der Waals surface area contributed by atoms with E-state index in [-0.39, 0.29) is 0 Å². The maximum atomic E-state index is 9.19. The van der Waals surface area contributed by atoms with Crippen LogP contribution in [0.15, 0.2) is 0 Å². The zero-order valence-corrected chi connectivity index (χ0v) is 10.2. The molecule has 0 amide bonds. The summed E-state index contributed by atoms with van der Waals surface area (Å²) in [6.45, 7) is 6.52. The Morgan fingerprint density at radius 1 is 1.29 bits per heavy atom. The van der Waals surface area contributed by atoms with Gasteiger partial charge in [0.2, 0.25) is 0 Å². The molecule has 0 aromatic carbocycles. The first-order valence-corrected chi connectivity index (χ1v) is 6.88. The van der Waals surface area contributed by atoms with E-state index in [0.29, 0.717) is 6.26 Å². The van der Waals surface area contributed by atoms with Gasteiger partial charge in [-0.05, 0) is 6.42 Å². The van der Waals surface area contributed by atoms with Crippen molar-refractivity contribution < 1.29 is 17.5 Å². The maximum absolute atomic E-state index is 9.19. The quantitative estimate of drug-likeness (QED) is 0.565. The van der Waals surface area contributed by atoms with Crippen molar-refractivity contribution in [2.24, 2.45) is 0 Å². The summed E-state index contributed by atoms with van der Waals surface area (Å²) in [6, 6.07) is 0. The van der Waals surface area contributed by atoms with Crippen LogP contribution in [0.1, 0.15) is 26.2 Å². The predicted octanol–water partition coefficient (Wildman–Crippen LogP) is 1.14. The van der Waals surface area contributed by atoms with Gasteiger partial charge in [0, 0.05) is 12.8 Å². The minimum atomic E-state index is -3.67. The molecule has 0 unspecified atom stereocenters. The Balaban J connectivity index is 0.000000292. The third-order valence-electron chi connectivity index (χ3n) is 2.41. The molecule has 1 aliphatic rings. The van der Waals surface area contributed by atoms with Crippen LogP contribution in [0.3, 0.4) is 0 Å². The van der Waals surface area contributed by atoms with Gasteiger partial charge >= 0.3 is 0 Å². The van der Waals surface area contributed by atoms with E-state index in [9.17, 15) is 8.42 Å². The van der Waals surface area contributed by atoms with Gasteiger partial charge in [0.15, 0.2) is 0 Å². The van der Waals surface area contributed by atoms with Gasteiger partial charge in [0.25, 0.3) is 10.1 Å². The molecule has 1 aliphatic heterocycles. The minimum Gasteiger partial charge on any atom is -0.326 e. The van der Waals surface area contributed by atoms with Gasteiger partial charge in [-0.2, -0.15) is 8.42 Å². The van der Waals surface area contributed by atoms with Crippen LogP contribution in [0.4, 0.5) is 0 Å². The van der Waals surface area contributed by atoms with Crippen molar-refractivity contribution in [3.8, 4) is 0 Å². The van der Waals surface area contributed by atoms with Crippen molar-refractivity contribution in [1.29, 1.82) is 0 Å². The van der Waals surface area contributed by atoms with E-state index in [1.54, 1.807) is 0 Å². The first kappa shape index (κ1) is 13.9. The lowest BCUT2D eigenvalue weighted by Crippen LogP contribution is -2.41. The van der Waals surface area contributed by atoms with Crippen LogP contribution in [0, 0.1) is 0 Å². The average Bonchev–Trinajstić information content (AvgIpc) is 2.33. The smallest absolute Gasteiger partial charge is 0.261 e. The van der Waals surface area contributed by atoms with Gasteiger partial charge < -0.3 is 4.48 Å². The van der Waals surface area contributed by atoms with Crippen molar-refractivity contribution in [3.05, 3.63) is 0 Å². The van der Waals surface area contributed by atoms with E-state index < -0.39 is 10.1 Å². The molecule has 86 valence electrons. The van der Waals surface area contributed by atoms with Gasteiger partial charge in [-0.3, -0.25) is 4.55 Å². The molecule has 4 nitrogen and oxygen atoms in total. The molecule has 1 heterocycles. The van der Waals surface area contributed by atoms with Crippen molar-refractivity contribution >= 4 is 10.1 Å². The molecule has 0 atom stereocenters. The Morgan fingerprint density at radius 3 is 1.93 bits per heavy atom. The first-order chi connectivity index (χ1) is 6.27. The van der Waals surface area contributed by atoms with E-state index in [0.717, 1.165) is 0 Å². The fourth-order valence-corrected chi connectivity index (χ4v) is 1.86. The van der Waals surface area contributed by atoms with Gasteiger partial charge in [0.1, 0.15) is 0 Å². The Kier molecular flexibility index (Phi) is 5.63. The Morgan fingerprint density at radius 2 is 1.64 bits per heavy atom. The average molecular weight is 224 g/mol. The summed E-state index contributed by atoms with van der Waals surface area (Å²) >= 11 is 0. The Labute approximate surface area is 87.3 Å². The van der Waals surface area contributed by atoms with Crippen molar-refractivity contribution in [1.82, 2.24) is 0 Å². The largest absolute Gasteiger partial charge is 0.326 e. The van der Waals surface area contributed by atoms with Gasteiger partial charge in [0.05, 0.1) is 32.9 Å². The highest BCUT2D eigenvalue weighted by Crippen LogP contribution is 2.15. The number of nitrogens with zero attached hydrogens (tertiary/aromatic N) is 1. The second kappa shape index (κ2) is 5.68. The number of hydrogen-bond acceptors (Lipinski definition) is 2. The fourth-order valence-electron chi connectivity index (χ4n) is 1.86. The zero-order chi connectivity index (χ0) is 11.2. The van der Waals surface area contributed by atoms with Crippen LogP contribution in [-0.2, 0) is 10.1 Å². The van der Waals surface area contributed by atoms with Crippen LogP contribution in [0.25, 0.3) is 0 Å². The van der Waals surface area contributed by atoms with Crippen LogP contribution < -0.4 is 0 Å². The maximum Gasteiger partial charge on any atom is 0.261 e. The lowest BCUT2D eigenvalue weighted by atomic mass is 10.4. The minimum absolute atomic E-state index is 0.715. The Bertz CT molecular complexity index is 235. The van der Waals surface area contributed by atoms with Crippen LogP contribution in [0.5, 0.6) is 0 Å². The van der Waals surface area contributed by atoms with Crippen LogP contribution in [-0.4, -0.2) is 50.4 Å². The number of likely N-dealkylation sites (tertiary alicyclic amines) is 1. The summed E-state index contributed by atoms with van der Waals surface area (Å²) < 4.78 is 27.2. The second-order valence-electron chi connectivity index (χ2n) is 4.23. The van der Waals surface area contributed by atoms with Crippen molar-refractivity contribution in [2.45, 2.75) is 26.2 Å². The normalized spacial score (nSPS) is 20.0. The standard InChI is InChI=1S/C8H18N.CH4O3S/c1-3-6-9(2)7-4-5-8-9;1-5(2,3)4/h3-8H2,1-2H3;1H3,(H,2,3,4)/q+1;. The molecular weight excluding hydrogens is 202 g/mol. The number of quaternary nitrogens is 1. The molecule has 0 aromatic rings. The second-order valence-corrected chi connectivity index (χ2v) is 5.70. The van der Waals surface area contributed by atoms with E-state index in [2.05, 4.69) is 14.0 Å². The fraction of sp³-hybridized carbons (Fsp3) is 1.00. The van der Waals surface area contributed by atoms with Crippen LogP contribution in [0.2, 0.25) is 0 Å². The molecule has 0 spiro atoms. The highest BCUT2D eigenvalue weighted by atomic mass is 32.2. The number of hydrogen-bond donors (Lipinski definition) is 1. The van der Waals surface area contributed by atoms with E-state index in [1.165, 1.54) is 43.4 Å². The molecule has 0 saturated carbocycles. The van der Waals surface area contributed by atoms with Gasteiger partial charge in [-0.25, -0.2) is 0 Å². The summed E-state index contributed by atoms with van der Waals surface area (Å²) in [7, 11) is -1.28.